The van der Waals surface area contributed by atoms with Crippen LogP contribution in [-0.4, -0.2) is 11.9 Å². The van der Waals surface area contributed by atoms with E-state index < -0.39 is 31.0 Å². The van der Waals surface area contributed by atoms with Gasteiger partial charge in [0.05, 0.1) is 1.37 Å². The van der Waals surface area contributed by atoms with Gasteiger partial charge in [0.25, 0.3) is 0 Å². The van der Waals surface area contributed by atoms with Crippen LogP contribution >= 0.6 is 0 Å². The fraction of sp³-hybridized carbons (Fsp3) is 0.625. The van der Waals surface area contributed by atoms with E-state index in [9.17, 15) is 4.79 Å². The summed E-state index contributed by atoms with van der Waals surface area (Å²) in [6.07, 6.45) is -7.36. The quantitative estimate of drug-likeness (QED) is 0.555. The molecule has 56 valence electrons. The number of hydrogen-bond donors (Lipinski definition) is 1. The maximum atomic E-state index is 11.1. The summed E-state index contributed by atoms with van der Waals surface area (Å²) >= 11 is 0. The van der Waals surface area contributed by atoms with Gasteiger partial charge in [0.2, 0.25) is 5.91 Å². The molecule has 1 amide bonds. The highest BCUT2D eigenvalue weighted by Crippen LogP contribution is 2.09. The van der Waals surface area contributed by atoms with Crippen molar-refractivity contribution in [1.82, 2.24) is 5.31 Å². The predicted octanol–water partition coefficient (Wildman–Crippen LogP) is 1.23. The van der Waals surface area contributed by atoms with Crippen molar-refractivity contribution in [3.63, 3.8) is 0 Å². The van der Waals surface area contributed by atoms with Crippen LogP contribution in [0.2, 0.25) is 1.41 Å². The molecule has 0 spiro atoms. The second kappa shape index (κ2) is 3.40. The topological polar surface area (TPSA) is 29.1 Å². The van der Waals surface area contributed by atoms with E-state index >= 15 is 0 Å². The Morgan fingerprint density at radius 2 is 2.90 bits per heavy atom. The Labute approximate surface area is 72.6 Å². The molecule has 0 fully saturated rings. The SMILES string of the molecule is [2H]N(C(C)=O)C1([2H])C=CC([2H])([2H])C([2H])([2H])C1([2H])[2H]. The summed E-state index contributed by atoms with van der Waals surface area (Å²) in [5.41, 5.74) is 0. The van der Waals surface area contributed by atoms with Gasteiger partial charge in [0.15, 0.2) is 1.41 Å². The Morgan fingerprint density at radius 1 is 2.10 bits per heavy atom. The smallest absolute Gasteiger partial charge is 0.217 e. The van der Waals surface area contributed by atoms with E-state index in [0.717, 1.165) is 6.92 Å². The number of allylic oxidation sites excluding steroid dienone is 1. The van der Waals surface area contributed by atoms with Crippen molar-refractivity contribution in [3.8, 4) is 0 Å². The van der Waals surface area contributed by atoms with Crippen LogP contribution in [0.4, 0.5) is 0 Å². The summed E-state index contributed by atoms with van der Waals surface area (Å²) in [5, 5.41) is 0.0105. The van der Waals surface area contributed by atoms with Crippen LogP contribution in [0.3, 0.4) is 0 Å². The Balaban J connectivity index is 3.47. The highest BCUT2D eigenvalue weighted by molar-refractivity contribution is 5.73. The second-order valence-electron chi connectivity index (χ2n) is 1.74. The molecule has 1 atom stereocenters. The van der Waals surface area contributed by atoms with E-state index in [-0.39, 0.29) is 5.31 Å². The van der Waals surface area contributed by atoms with Gasteiger partial charge in [-0.25, -0.2) is 0 Å². The molecule has 0 radical (unpaired) electrons. The van der Waals surface area contributed by atoms with Crippen molar-refractivity contribution in [2.75, 3.05) is 0 Å². The second-order valence-corrected chi connectivity index (χ2v) is 1.74. The van der Waals surface area contributed by atoms with Crippen molar-refractivity contribution in [1.29, 1.82) is 0 Å². The molecule has 1 N–H and O–H groups in total. The molecule has 0 saturated carbocycles. The maximum Gasteiger partial charge on any atom is 0.217 e. The van der Waals surface area contributed by atoms with Crippen molar-refractivity contribution >= 4 is 5.91 Å². The van der Waals surface area contributed by atoms with Gasteiger partial charge in [-0.2, -0.15) is 0 Å². The molecule has 0 saturated heterocycles. The first-order valence-corrected chi connectivity index (χ1v) is 2.81. The summed E-state index contributed by atoms with van der Waals surface area (Å²) in [6, 6.07) is -2.62. The van der Waals surface area contributed by atoms with Gasteiger partial charge in [-0.3, -0.25) is 4.79 Å². The average Bonchev–Trinajstić information content (AvgIpc) is 2.22. The number of carbonyl (C=O) groups is 1. The molecule has 0 aromatic rings. The molecular weight excluding hydrogens is 126 g/mol. The van der Waals surface area contributed by atoms with Crippen molar-refractivity contribution < 1.29 is 15.8 Å². The lowest BCUT2D eigenvalue weighted by Gasteiger charge is -2.16. The van der Waals surface area contributed by atoms with E-state index in [1.54, 1.807) is 0 Å². The summed E-state index contributed by atoms with van der Waals surface area (Å²) in [4.78, 5) is 11.1. The first kappa shape index (κ1) is 2.10. The summed E-state index contributed by atoms with van der Waals surface area (Å²) in [5.74, 6) is -0.934. The molecule has 1 unspecified atom stereocenters. The molecule has 10 heavy (non-hydrogen) atoms. The van der Waals surface area contributed by atoms with Crippen LogP contribution in [0, 0.1) is 0 Å². The molecule has 0 heterocycles. The largest absolute Gasteiger partial charge is 0.350 e. The molecule has 1 aliphatic carbocycles. The van der Waals surface area contributed by atoms with Crippen molar-refractivity contribution in [2.24, 2.45) is 0 Å². The van der Waals surface area contributed by atoms with Gasteiger partial charge in [-0.1, -0.05) is 12.2 Å². The van der Waals surface area contributed by atoms with Crippen LogP contribution in [0.25, 0.3) is 0 Å². The van der Waals surface area contributed by atoms with Gasteiger partial charge in [0.1, 0.15) is 0 Å². The minimum Gasteiger partial charge on any atom is -0.350 e. The van der Waals surface area contributed by atoms with Crippen LogP contribution < -0.4 is 5.31 Å². The van der Waals surface area contributed by atoms with Crippen LogP contribution in [0.5, 0.6) is 0 Å². The van der Waals surface area contributed by atoms with Crippen LogP contribution in [0.15, 0.2) is 12.2 Å². The van der Waals surface area contributed by atoms with E-state index in [1.165, 1.54) is 0 Å². The lowest BCUT2D eigenvalue weighted by Crippen LogP contribution is -2.32. The number of carbonyl (C=O) groups excluding carboxylic acids is 1. The van der Waals surface area contributed by atoms with Crippen molar-refractivity contribution in [2.45, 2.75) is 32.1 Å². The fourth-order valence-electron chi connectivity index (χ4n) is 0.539. The fourth-order valence-corrected chi connectivity index (χ4v) is 0.539. The zero-order chi connectivity index (χ0) is 14.6. The monoisotopic (exact) mass is 147 g/mol. The molecule has 0 aromatic heterocycles. The average molecular weight is 147 g/mol. The van der Waals surface area contributed by atoms with E-state index in [1.807, 2.05) is 0 Å². The molecule has 2 nitrogen and oxygen atoms in total. The maximum absolute atomic E-state index is 11.1. The molecule has 0 aliphatic heterocycles. The number of hydrogen-bond acceptors (Lipinski definition) is 1. The molecule has 0 aromatic carbocycles. The predicted molar refractivity (Wildman–Crippen MR) is 40.6 cm³/mol. The van der Waals surface area contributed by atoms with Gasteiger partial charge < -0.3 is 5.31 Å². The summed E-state index contributed by atoms with van der Waals surface area (Å²) in [7, 11) is 0. The third kappa shape index (κ3) is 2.21. The first-order chi connectivity index (χ1) is 7.81. The number of nitrogens with one attached hydrogen (secondary N) is 1. The third-order valence-corrected chi connectivity index (χ3v) is 0.865. The Kier molecular flexibility index (Phi) is 0.712. The van der Waals surface area contributed by atoms with Gasteiger partial charge in [-0.15, -0.1) is 0 Å². The highest BCUT2D eigenvalue weighted by Gasteiger charge is 2.07. The summed E-state index contributed by atoms with van der Waals surface area (Å²) in [6.45, 7) is 0.950. The van der Waals surface area contributed by atoms with Gasteiger partial charge in [0, 0.05) is 21.2 Å². The molecule has 1 aliphatic rings. The van der Waals surface area contributed by atoms with E-state index in [4.69, 9.17) is 11.0 Å². The van der Waals surface area contributed by atoms with Gasteiger partial charge in [-0.05, 0) is 19.1 Å². The molecule has 2 heteroatoms. The zero-order valence-corrected chi connectivity index (χ0v) is 5.51. The van der Waals surface area contributed by atoms with E-state index in [2.05, 4.69) is 0 Å². The number of rotatable bonds is 1. The van der Waals surface area contributed by atoms with Gasteiger partial charge >= 0.3 is 0 Å². The van der Waals surface area contributed by atoms with Crippen molar-refractivity contribution in [3.05, 3.63) is 12.2 Å². The molecular formula is C8H13NO. The van der Waals surface area contributed by atoms with Crippen LogP contribution in [0.1, 0.15) is 35.6 Å². The standard InChI is InChI=1S/C8H13NO/c1-7(10)9-8-5-3-2-4-6-8/h3,5,8H,2,4,6H2,1H3,(H,9,10)/i2D2,4D2,6D2,8D/hD. The lowest BCUT2D eigenvalue weighted by molar-refractivity contribution is -0.119. The molecule has 0 bridgehead atoms. The summed E-state index contributed by atoms with van der Waals surface area (Å²) < 4.78 is 60.5. The molecule has 1 rings (SSSR count). The normalized spacial score (nSPS) is 58.5. The zero-order valence-electron chi connectivity index (χ0n) is 13.5. The lowest BCUT2D eigenvalue weighted by atomic mass is 10.0. The van der Waals surface area contributed by atoms with E-state index in [0.29, 0.717) is 12.2 Å². The minimum atomic E-state index is -3.08. The Hall–Kier alpha value is -0.790. The van der Waals surface area contributed by atoms with Crippen LogP contribution in [-0.2, 0) is 4.79 Å². The Morgan fingerprint density at radius 3 is 3.60 bits per heavy atom. The minimum absolute atomic E-state index is 0.0105. The first-order valence-electron chi connectivity index (χ1n) is 6.76. The third-order valence-electron chi connectivity index (χ3n) is 0.865. The Bertz CT molecular complexity index is 406. The number of amides is 1. The highest BCUT2D eigenvalue weighted by atomic mass is 16.1.